The zero-order valence-electron chi connectivity index (χ0n) is 34.7. The second kappa shape index (κ2) is 14.6. The summed E-state index contributed by atoms with van der Waals surface area (Å²) in [5.41, 5.74) is 17.1. The third-order valence-corrected chi connectivity index (χ3v) is 13.0. The smallest absolute Gasteiger partial charge is 0.115 e. The molecule has 0 aliphatic heterocycles. The number of nitrogens with zero attached hydrogens (tertiary/aromatic N) is 8. The summed E-state index contributed by atoms with van der Waals surface area (Å²) >= 11 is 0. The minimum absolute atomic E-state index is 0.829. The zero-order chi connectivity index (χ0) is 42.9. The van der Waals surface area contributed by atoms with Crippen molar-refractivity contribution >= 4 is 43.6 Å². The van der Waals surface area contributed by atoms with E-state index in [1.807, 2.05) is 49.3 Å². The van der Waals surface area contributed by atoms with Gasteiger partial charge >= 0.3 is 0 Å². The van der Waals surface area contributed by atoms with Crippen LogP contribution in [0.1, 0.15) is 22.3 Å². The number of fused-ring (bicyclic) bond motifs is 9. The Labute approximate surface area is 373 Å². The van der Waals surface area contributed by atoms with E-state index in [0.29, 0.717) is 0 Å². The molecule has 6 heterocycles. The standard InChI is InChI=1S/C57H34N8/c1-5-41(51-21-17-37-13-11-35-7-3-23-62-53(35)55(37)64-51)25-45(9-1)57(46-10-2-6-42(26-46)52-22-18-38-14-12-36-8-4-24-63-54(36)56(38)65-52)49-27-39(43-29-58-33-59-30-43)15-19-47(49)48-20-16-40(28-50(48)57)44-31-60-34-61-32-44/h1-34H. The van der Waals surface area contributed by atoms with Crippen molar-refractivity contribution in [3.8, 4) is 55.9 Å². The van der Waals surface area contributed by atoms with Crippen molar-refractivity contribution in [2.45, 2.75) is 5.41 Å². The average molecular weight is 831 g/mol. The molecule has 0 saturated carbocycles. The molecule has 1 aliphatic carbocycles. The van der Waals surface area contributed by atoms with Crippen LogP contribution in [0, 0.1) is 0 Å². The maximum atomic E-state index is 5.33. The minimum Gasteiger partial charge on any atom is -0.254 e. The first-order valence-corrected chi connectivity index (χ1v) is 21.5. The average Bonchev–Trinajstić information content (AvgIpc) is 3.68. The van der Waals surface area contributed by atoms with Crippen LogP contribution >= 0.6 is 0 Å². The number of rotatable bonds is 6. The first kappa shape index (κ1) is 36.7. The lowest BCUT2D eigenvalue weighted by molar-refractivity contribution is 0.769. The third-order valence-electron chi connectivity index (χ3n) is 13.0. The maximum absolute atomic E-state index is 5.33. The molecule has 302 valence electrons. The van der Waals surface area contributed by atoms with Gasteiger partial charge in [-0.25, -0.2) is 29.9 Å². The molecule has 8 nitrogen and oxygen atoms in total. The van der Waals surface area contributed by atoms with Crippen LogP contribution in [0.3, 0.4) is 0 Å². The van der Waals surface area contributed by atoms with Gasteiger partial charge in [0.25, 0.3) is 0 Å². The van der Waals surface area contributed by atoms with Crippen molar-refractivity contribution < 1.29 is 0 Å². The molecule has 0 atom stereocenters. The molecule has 0 N–H and O–H groups in total. The highest BCUT2D eigenvalue weighted by molar-refractivity contribution is 6.04. The van der Waals surface area contributed by atoms with Gasteiger partial charge in [-0.3, -0.25) is 9.97 Å². The molecule has 65 heavy (non-hydrogen) atoms. The Bertz CT molecular complexity index is 3600. The number of hydrogen-bond donors (Lipinski definition) is 0. The molecule has 0 unspecified atom stereocenters. The van der Waals surface area contributed by atoms with Gasteiger partial charge in [0.2, 0.25) is 0 Å². The second-order valence-corrected chi connectivity index (χ2v) is 16.5. The normalized spacial score (nSPS) is 12.7. The van der Waals surface area contributed by atoms with E-state index in [-0.39, 0.29) is 0 Å². The van der Waals surface area contributed by atoms with E-state index < -0.39 is 5.41 Å². The monoisotopic (exact) mass is 830 g/mol. The van der Waals surface area contributed by atoms with E-state index in [2.05, 4.69) is 166 Å². The number of pyridine rings is 4. The Morgan fingerprint density at radius 3 is 1.22 bits per heavy atom. The van der Waals surface area contributed by atoms with Gasteiger partial charge in [0.15, 0.2) is 0 Å². The largest absolute Gasteiger partial charge is 0.254 e. The van der Waals surface area contributed by atoms with Gasteiger partial charge in [0.1, 0.15) is 12.7 Å². The molecule has 0 radical (unpaired) electrons. The highest BCUT2D eigenvalue weighted by Crippen LogP contribution is 2.58. The van der Waals surface area contributed by atoms with E-state index in [0.717, 1.165) is 122 Å². The molecular weight excluding hydrogens is 797 g/mol. The van der Waals surface area contributed by atoms with Gasteiger partial charge in [-0.2, -0.15) is 0 Å². The van der Waals surface area contributed by atoms with Gasteiger partial charge in [-0.1, -0.05) is 109 Å². The molecule has 13 rings (SSSR count). The Hall–Kier alpha value is -8.88. The highest BCUT2D eigenvalue weighted by atomic mass is 14.8. The van der Waals surface area contributed by atoms with Crippen LogP contribution in [0.2, 0.25) is 0 Å². The molecule has 1 aliphatic rings. The van der Waals surface area contributed by atoms with Crippen molar-refractivity contribution in [3.63, 3.8) is 0 Å². The van der Waals surface area contributed by atoms with Crippen molar-refractivity contribution in [2.75, 3.05) is 0 Å². The zero-order valence-corrected chi connectivity index (χ0v) is 34.7. The van der Waals surface area contributed by atoms with Gasteiger partial charge in [0.05, 0.1) is 38.9 Å². The van der Waals surface area contributed by atoms with E-state index in [4.69, 9.17) is 19.9 Å². The van der Waals surface area contributed by atoms with Crippen LogP contribution in [-0.4, -0.2) is 39.9 Å². The molecule has 12 aromatic rings. The Kier molecular flexibility index (Phi) is 8.26. The third kappa shape index (κ3) is 5.85. The predicted molar refractivity (Wildman–Crippen MR) is 258 cm³/mol. The van der Waals surface area contributed by atoms with Crippen LogP contribution in [-0.2, 0) is 5.41 Å². The molecule has 0 saturated heterocycles. The fraction of sp³-hybridized carbons (Fsp3) is 0.0175. The summed E-state index contributed by atoms with van der Waals surface area (Å²) in [7, 11) is 0. The summed E-state index contributed by atoms with van der Waals surface area (Å²) in [5.74, 6) is 0. The molecule has 0 fully saturated rings. The lowest BCUT2D eigenvalue weighted by atomic mass is 9.66. The van der Waals surface area contributed by atoms with Crippen LogP contribution in [0.25, 0.3) is 99.5 Å². The van der Waals surface area contributed by atoms with Crippen molar-refractivity contribution in [1.82, 2.24) is 39.9 Å². The molecule has 6 aromatic carbocycles. The fourth-order valence-corrected chi connectivity index (χ4v) is 9.96. The van der Waals surface area contributed by atoms with E-state index >= 15 is 0 Å². The molecule has 0 amide bonds. The summed E-state index contributed by atoms with van der Waals surface area (Å²) in [5, 5.41) is 4.20. The number of benzene rings is 6. The van der Waals surface area contributed by atoms with Crippen LogP contribution < -0.4 is 0 Å². The molecule has 8 heteroatoms. The van der Waals surface area contributed by atoms with Gasteiger partial charge < -0.3 is 0 Å². The van der Waals surface area contributed by atoms with Gasteiger partial charge in [0, 0.05) is 81.0 Å². The molecular formula is C57H34N8. The lowest BCUT2D eigenvalue weighted by Gasteiger charge is -2.35. The fourth-order valence-electron chi connectivity index (χ4n) is 9.96. The molecule has 6 aromatic heterocycles. The van der Waals surface area contributed by atoms with Gasteiger partial charge in [-0.05, 0) is 93.0 Å². The summed E-state index contributed by atoms with van der Waals surface area (Å²) in [6.45, 7) is 0. The van der Waals surface area contributed by atoms with Gasteiger partial charge in [-0.15, -0.1) is 0 Å². The highest BCUT2D eigenvalue weighted by Gasteiger charge is 2.47. The van der Waals surface area contributed by atoms with Crippen molar-refractivity contribution in [2.24, 2.45) is 0 Å². The first-order chi connectivity index (χ1) is 32.2. The first-order valence-electron chi connectivity index (χ1n) is 21.5. The summed E-state index contributed by atoms with van der Waals surface area (Å²) < 4.78 is 0. The summed E-state index contributed by atoms with van der Waals surface area (Å²) in [6, 6.07) is 56.4. The van der Waals surface area contributed by atoms with Crippen LogP contribution in [0.15, 0.2) is 208 Å². The van der Waals surface area contributed by atoms with Crippen LogP contribution in [0.5, 0.6) is 0 Å². The summed E-state index contributed by atoms with van der Waals surface area (Å²) in [4.78, 5) is 37.9. The topological polar surface area (TPSA) is 103 Å². The summed E-state index contributed by atoms with van der Waals surface area (Å²) in [6.07, 6.45) is 14.3. The molecule has 0 bridgehead atoms. The Morgan fingerprint density at radius 1 is 0.323 bits per heavy atom. The van der Waals surface area contributed by atoms with Crippen LogP contribution in [0.4, 0.5) is 0 Å². The number of hydrogen-bond acceptors (Lipinski definition) is 8. The maximum Gasteiger partial charge on any atom is 0.115 e. The quantitative estimate of drug-likeness (QED) is 0.153. The lowest BCUT2D eigenvalue weighted by Crippen LogP contribution is -2.29. The predicted octanol–water partition coefficient (Wildman–Crippen LogP) is 12.5. The Balaban J connectivity index is 1.10. The van der Waals surface area contributed by atoms with E-state index in [1.54, 1.807) is 12.7 Å². The van der Waals surface area contributed by atoms with Crippen molar-refractivity contribution in [1.29, 1.82) is 0 Å². The molecule has 0 spiro atoms. The Morgan fingerprint density at radius 2 is 0.754 bits per heavy atom. The second-order valence-electron chi connectivity index (χ2n) is 16.5. The number of aromatic nitrogens is 8. The van der Waals surface area contributed by atoms with Crippen molar-refractivity contribution in [3.05, 3.63) is 230 Å². The van der Waals surface area contributed by atoms with E-state index in [1.165, 1.54) is 0 Å². The SMILES string of the molecule is c1cc(-c2ccc3ccc4cccnc4c3n2)cc(C2(c3cccc(-c4ccc5ccc6cccnc6c5n4)c3)c3cc(-c4cncnc4)ccc3-c3ccc(-c4cncnc4)cc32)c1. The minimum atomic E-state index is -0.829. The van der Waals surface area contributed by atoms with E-state index in [9.17, 15) is 0 Å².